The number of carbonyl (C=O) groups excluding carboxylic acids is 1. The minimum absolute atomic E-state index is 0.672. The lowest BCUT2D eigenvalue weighted by Gasteiger charge is -2.09. The van der Waals surface area contributed by atoms with E-state index in [4.69, 9.17) is 0 Å². The molecule has 1 heteroatoms. The first-order valence-electron chi connectivity index (χ1n) is 5.52. The van der Waals surface area contributed by atoms with Crippen molar-refractivity contribution in [2.45, 2.75) is 58.3 Å². The molecule has 0 atom stereocenters. The van der Waals surface area contributed by atoms with E-state index in [0.29, 0.717) is 6.42 Å². The van der Waals surface area contributed by atoms with Crippen LogP contribution in [0.2, 0.25) is 0 Å². The van der Waals surface area contributed by atoms with Crippen LogP contribution in [0.3, 0.4) is 0 Å². The molecule has 1 aliphatic carbocycles. The monoisotopic (exact) mass is 180 g/mol. The van der Waals surface area contributed by atoms with Crippen molar-refractivity contribution in [1.29, 1.82) is 0 Å². The zero-order valence-corrected chi connectivity index (χ0v) is 8.64. The van der Waals surface area contributed by atoms with Gasteiger partial charge in [0.25, 0.3) is 0 Å². The smallest absolute Gasteiger partial charge is 0.124 e. The molecule has 0 spiro atoms. The molecule has 1 fully saturated rings. The molecule has 0 aromatic heterocycles. The van der Waals surface area contributed by atoms with Gasteiger partial charge in [-0.05, 0) is 32.1 Å². The first kappa shape index (κ1) is 10.5. The average molecular weight is 180 g/mol. The molecule has 0 aliphatic heterocycles. The highest BCUT2D eigenvalue weighted by molar-refractivity contribution is 5.54. The van der Waals surface area contributed by atoms with Crippen LogP contribution in [0.4, 0.5) is 0 Å². The normalized spacial score (nSPS) is 18.1. The summed E-state index contributed by atoms with van der Waals surface area (Å²) in [6.07, 6.45) is 10.7. The molecule has 0 bridgehead atoms. The lowest BCUT2D eigenvalue weighted by Crippen LogP contribution is -1.92. The zero-order chi connectivity index (χ0) is 9.52. The molecule has 1 aliphatic rings. The number of carbonyl (C=O) groups is 1. The van der Waals surface area contributed by atoms with Gasteiger partial charge in [-0.15, -0.1) is 0 Å². The predicted molar refractivity (Wildman–Crippen MR) is 55.7 cm³/mol. The van der Waals surface area contributed by atoms with E-state index in [1.807, 2.05) is 0 Å². The zero-order valence-electron chi connectivity index (χ0n) is 8.64. The van der Waals surface area contributed by atoms with E-state index in [0.717, 1.165) is 12.7 Å². The van der Waals surface area contributed by atoms with Gasteiger partial charge >= 0.3 is 0 Å². The molecule has 0 radical (unpaired) electrons. The van der Waals surface area contributed by atoms with Crippen LogP contribution in [0.15, 0.2) is 11.1 Å². The van der Waals surface area contributed by atoms with Gasteiger partial charge in [-0.3, -0.25) is 0 Å². The van der Waals surface area contributed by atoms with Crippen LogP contribution in [0.1, 0.15) is 58.3 Å². The number of hydrogen-bond donors (Lipinski definition) is 0. The average Bonchev–Trinajstić information content (AvgIpc) is 2.42. The lowest BCUT2D eigenvalue weighted by atomic mass is 9.97. The van der Waals surface area contributed by atoms with Gasteiger partial charge in [0.2, 0.25) is 0 Å². The SMILES string of the molecule is CCC(CC=O)=C1CCCCCC1. The summed E-state index contributed by atoms with van der Waals surface area (Å²) in [5.41, 5.74) is 3.00. The molecular formula is C12H20O. The van der Waals surface area contributed by atoms with Gasteiger partial charge in [0.1, 0.15) is 6.29 Å². The number of allylic oxidation sites excluding steroid dienone is 2. The van der Waals surface area contributed by atoms with Crippen molar-refractivity contribution in [3.63, 3.8) is 0 Å². The van der Waals surface area contributed by atoms with Gasteiger partial charge < -0.3 is 4.79 Å². The summed E-state index contributed by atoms with van der Waals surface area (Å²) in [6, 6.07) is 0. The Balaban J connectivity index is 2.64. The first-order valence-corrected chi connectivity index (χ1v) is 5.52. The Morgan fingerprint density at radius 2 is 1.85 bits per heavy atom. The van der Waals surface area contributed by atoms with Crippen LogP contribution < -0.4 is 0 Å². The Morgan fingerprint density at radius 1 is 1.23 bits per heavy atom. The molecule has 0 aromatic rings. The second-order valence-electron chi connectivity index (χ2n) is 3.85. The van der Waals surface area contributed by atoms with Crippen molar-refractivity contribution in [2.75, 3.05) is 0 Å². The molecule has 0 heterocycles. The van der Waals surface area contributed by atoms with Crippen LogP contribution in [-0.4, -0.2) is 6.29 Å². The highest BCUT2D eigenvalue weighted by Crippen LogP contribution is 2.27. The van der Waals surface area contributed by atoms with Crippen LogP contribution in [0, 0.1) is 0 Å². The third-order valence-electron chi connectivity index (χ3n) is 2.96. The molecule has 13 heavy (non-hydrogen) atoms. The molecule has 1 rings (SSSR count). The Labute approximate surface area is 81.2 Å². The maximum Gasteiger partial charge on any atom is 0.124 e. The molecular weight excluding hydrogens is 160 g/mol. The van der Waals surface area contributed by atoms with Crippen molar-refractivity contribution in [1.82, 2.24) is 0 Å². The second kappa shape index (κ2) is 5.95. The molecule has 1 nitrogen and oxygen atoms in total. The van der Waals surface area contributed by atoms with Crippen molar-refractivity contribution < 1.29 is 4.79 Å². The minimum Gasteiger partial charge on any atom is -0.303 e. The first-order chi connectivity index (χ1) is 6.38. The summed E-state index contributed by atoms with van der Waals surface area (Å²) in [5.74, 6) is 0. The van der Waals surface area contributed by atoms with E-state index < -0.39 is 0 Å². The third kappa shape index (κ3) is 3.33. The summed E-state index contributed by atoms with van der Waals surface area (Å²) >= 11 is 0. The number of hydrogen-bond acceptors (Lipinski definition) is 1. The van der Waals surface area contributed by atoms with Crippen LogP contribution in [-0.2, 0) is 4.79 Å². The Hall–Kier alpha value is -0.590. The summed E-state index contributed by atoms with van der Waals surface area (Å²) < 4.78 is 0. The van der Waals surface area contributed by atoms with Gasteiger partial charge in [-0.25, -0.2) is 0 Å². The predicted octanol–water partition coefficient (Wildman–Crippen LogP) is 3.64. The highest BCUT2D eigenvalue weighted by atomic mass is 16.1. The summed E-state index contributed by atoms with van der Waals surface area (Å²) in [4.78, 5) is 10.5. The Bertz CT molecular complexity index is 181. The van der Waals surface area contributed by atoms with Crippen LogP contribution in [0.25, 0.3) is 0 Å². The maximum absolute atomic E-state index is 10.5. The molecule has 0 aromatic carbocycles. The fourth-order valence-corrected chi connectivity index (χ4v) is 2.15. The quantitative estimate of drug-likeness (QED) is 0.368. The number of rotatable bonds is 3. The third-order valence-corrected chi connectivity index (χ3v) is 2.96. The second-order valence-corrected chi connectivity index (χ2v) is 3.85. The molecule has 0 unspecified atom stereocenters. The largest absolute Gasteiger partial charge is 0.303 e. The fraction of sp³-hybridized carbons (Fsp3) is 0.750. The molecule has 0 saturated heterocycles. The van der Waals surface area contributed by atoms with Crippen LogP contribution in [0.5, 0.6) is 0 Å². The van der Waals surface area contributed by atoms with Crippen molar-refractivity contribution in [2.24, 2.45) is 0 Å². The maximum atomic E-state index is 10.5. The van der Waals surface area contributed by atoms with Crippen molar-refractivity contribution in [3.05, 3.63) is 11.1 Å². The van der Waals surface area contributed by atoms with Gasteiger partial charge in [-0.1, -0.05) is 30.9 Å². The van der Waals surface area contributed by atoms with E-state index in [2.05, 4.69) is 6.92 Å². The van der Waals surface area contributed by atoms with E-state index in [1.54, 1.807) is 5.57 Å². The van der Waals surface area contributed by atoms with Crippen LogP contribution >= 0.6 is 0 Å². The van der Waals surface area contributed by atoms with Crippen molar-refractivity contribution in [3.8, 4) is 0 Å². The lowest BCUT2D eigenvalue weighted by molar-refractivity contribution is -0.107. The molecule has 0 amide bonds. The summed E-state index contributed by atoms with van der Waals surface area (Å²) in [5, 5.41) is 0. The highest BCUT2D eigenvalue weighted by Gasteiger charge is 2.08. The number of aldehydes is 1. The Morgan fingerprint density at radius 3 is 2.31 bits per heavy atom. The topological polar surface area (TPSA) is 17.1 Å². The summed E-state index contributed by atoms with van der Waals surface area (Å²) in [7, 11) is 0. The summed E-state index contributed by atoms with van der Waals surface area (Å²) in [6.45, 7) is 2.16. The Kier molecular flexibility index (Phi) is 4.81. The van der Waals surface area contributed by atoms with E-state index in [-0.39, 0.29) is 0 Å². The molecule has 0 N–H and O–H groups in total. The molecule has 1 saturated carbocycles. The van der Waals surface area contributed by atoms with Gasteiger partial charge in [0, 0.05) is 6.42 Å². The van der Waals surface area contributed by atoms with E-state index in [1.165, 1.54) is 44.1 Å². The van der Waals surface area contributed by atoms with Gasteiger partial charge in [-0.2, -0.15) is 0 Å². The standard InChI is InChI=1S/C12H20O/c1-2-11(9-10-13)12-7-5-3-4-6-8-12/h10H,2-9H2,1H3. The fourth-order valence-electron chi connectivity index (χ4n) is 2.15. The van der Waals surface area contributed by atoms with Crippen molar-refractivity contribution >= 4 is 6.29 Å². The van der Waals surface area contributed by atoms with E-state index >= 15 is 0 Å². The molecule has 74 valence electrons. The van der Waals surface area contributed by atoms with Gasteiger partial charge in [0.15, 0.2) is 0 Å². The minimum atomic E-state index is 0.672. The van der Waals surface area contributed by atoms with Gasteiger partial charge in [0.05, 0.1) is 0 Å². The van der Waals surface area contributed by atoms with E-state index in [9.17, 15) is 4.79 Å².